The third kappa shape index (κ3) is 5.28. The number of nitrogens with zero attached hydrogens (tertiary/aromatic N) is 5. The first-order valence-corrected chi connectivity index (χ1v) is 15.3. The first-order chi connectivity index (χ1) is 21.9. The summed E-state index contributed by atoms with van der Waals surface area (Å²) in [5.41, 5.74) is 1.18. The summed E-state index contributed by atoms with van der Waals surface area (Å²) >= 11 is 0. The third-order valence-corrected chi connectivity index (χ3v) is 8.94. The number of carbonyl (C=O) groups is 2. The molecule has 45 heavy (non-hydrogen) atoms. The van der Waals surface area contributed by atoms with Crippen LogP contribution in [0.1, 0.15) is 71.2 Å². The van der Waals surface area contributed by atoms with E-state index in [1.54, 1.807) is 24.4 Å². The Kier molecular flexibility index (Phi) is 7.44. The van der Waals surface area contributed by atoms with Crippen LogP contribution in [0.3, 0.4) is 0 Å². The normalized spacial score (nSPS) is 18.0. The molecule has 5 aromatic rings. The minimum Gasteiger partial charge on any atom is -0.348 e. The second-order valence-electron chi connectivity index (χ2n) is 11.7. The summed E-state index contributed by atoms with van der Waals surface area (Å²) in [6.45, 7) is 0.864. The number of rotatable bonds is 6. The van der Waals surface area contributed by atoms with Crippen molar-refractivity contribution in [1.82, 2.24) is 29.0 Å². The van der Waals surface area contributed by atoms with Gasteiger partial charge in [-0.2, -0.15) is 0 Å². The molecule has 1 saturated carbocycles. The number of hydrogen-bond donors (Lipinski definition) is 1. The van der Waals surface area contributed by atoms with E-state index in [1.807, 2.05) is 34.9 Å². The van der Waals surface area contributed by atoms with Gasteiger partial charge in [-0.3, -0.25) is 19.0 Å². The Morgan fingerprint density at radius 2 is 1.78 bits per heavy atom. The highest BCUT2D eigenvalue weighted by molar-refractivity contribution is 5.92. The minimum absolute atomic E-state index is 0.0281. The maximum atomic E-state index is 14.4. The Hall–Kier alpha value is -5.19. The molecule has 1 N–H and O–H groups in total. The molecule has 10 nitrogen and oxygen atoms in total. The van der Waals surface area contributed by atoms with Gasteiger partial charge in [0.2, 0.25) is 0 Å². The molecule has 1 amide bonds. The quantitative estimate of drug-likeness (QED) is 0.282. The molecular formula is C34H31FN6O4. The number of aldehydes is 1. The predicted molar refractivity (Wildman–Crippen MR) is 166 cm³/mol. The molecule has 1 fully saturated rings. The average molecular weight is 607 g/mol. The Labute approximate surface area is 257 Å². The molecule has 0 radical (unpaired) electrons. The van der Waals surface area contributed by atoms with E-state index in [9.17, 15) is 23.6 Å². The van der Waals surface area contributed by atoms with Crippen molar-refractivity contribution in [2.24, 2.45) is 0 Å². The Balaban J connectivity index is 1.23. The topological polar surface area (TPSA) is 121 Å². The van der Waals surface area contributed by atoms with Crippen molar-refractivity contribution < 1.29 is 14.0 Å². The molecule has 1 aliphatic heterocycles. The van der Waals surface area contributed by atoms with Crippen molar-refractivity contribution >= 4 is 23.2 Å². The second kappa shape index (κ2) is 11.7. The molecule has 228 valence electrons. The summed E-state index contributed by atoms with van der Waals surface area (Å²) in [7, 11) is 0. The summed E-state index contributed by atoms with van der Waals surface area (Å²) in [5.74, 6) is -0.00997. The first kappa shape index (κ1) is 28.6. The monoisotopic (exact) mass is 606 g/mol. The van der Waals surface area contributed by atoms with Crippen LogP contribution in [0, 0.1) is 5.82 Å². The van der Waals surface area contributed by atoms with Crippen LogP contribution in [-0.2, 0) is 13.0 Å². The van der Waals surface area contributed by atoms with Crippen molar-refractivity contribution in [2.75, 3.05) is 0 Å². The van der Waals surface area contributed by atoms with Gasteiger partial charge in [-0.15, -0.1) is 0 Å². The van der Waals surface area contributed by atoms with Gasteiger partial charge >= 0.3 is 5.69 Å². The summed E-state index contributed by atoms with van der Waals surface area (Å²) in [6, 6.07) is 15.0. The number of imidazole rings is 1. The minimum atomic E-state index is -0.711. The smallest absolute Gasteiger partial charge is 0.337 e. The van der Waals surface area contributed by atoms with Crippen LogP contribution in [0.25, 0.3) is 27.8 Å². The van der Waals surface area contributed by atoms with E-state index in [1.165, 1.54) is 4.57 Å². The lowest BCUT2D eigenvalue weighted by Gasteiger charge is -2.30. The van der Waals surface area contributed by atoms with E-state index in [2.05, 4.69) is 15.3 Å². The fraction of sp³-hybridized carbons (Fsp3) is 0.294. The van der Waals surface area contributed by atoms with Crippen LogP contribution in [-0.4, -0.2) is 41.9 Å². The zero-order chi connectivity index (χ0) is 31.1. The second-order valence-corrected chi connectivity index (χ2v) is 11.7. The molecule has 2 aromatic carbocycles. The van der Waals surface area contributed by atoms with Crippen molar-refractivity contribution in [1.29, 1.82) is 0 Å². The number of fused-ring (bicyclic) bond motifs is 2. The Morgan fingerprint density at radius 3 is 2.53 bits per heavy atom. The van der Waals surface area contributed by atoms with Gasteiger partial charge in [-0.1, -0.05) is 36.4 Å². The number of nitrogens with one attached hydrogen (secondary N) is 1. The highest BCUT2D eigenvalue weighted by Gasteiger charge is 2.29. The van der Waals surface area contributed by atoms with Gasteiger partial charge in [-0.05, 0) is 67.9 Å². The zero-order valence-corrected chi connectivity index (χ0v) is 24.5. The first-order valence-electron chi connectivity index (χ1n) is 15.3. The molecule has 11 heteroatoms. The van der Waals surface area contributed by atoms with Crippen molar-refractivity contribution in [3.8, 4) is 16.8 Å². The van der Waals surface area contributed by atoms with E-state index < -0.39 is 23.1 Å². The highest BCUT2D eigenvalue weighted by Crippen LogP contribution is 2.29. The number of carbonyl (C=O) groups excluding carboxylic acids is 2. The van der Waals surface area contributed by atoms with Crippen LogP contribution < -0.4 is 16.6 Å². The molecule has 1 aliphatic carbocycles. The summed E-state index contributed by atoms with van der Waals surface area (Å²) < 4.78 is 18.9. The van der Waals surface area contributed by atoms with Gasteiger partial charge < -0.3 is 9.88 Å². The number of halogens is 1. The van der Waals surface area contributed by atoms with Crippen LogP contribution in [0.2, 0.25) is 0 Å². The molecule has 0 saturated heterocycles. The Morgan fingerprint density at radius 1 is 0.978 bits per heavy atom. The number of benzene rings is 2. The molecule has 7 rings (SSSR count). The van der Waals surface area contributed by atoms with Crippen LogP contribution in [0.5, 0.6) is 0 Å². The highest BCUT2D eigenvalue weighted by atomic mass is 19.1. The van der Waals surface area contributed by atoms with Crippen molar-refractivity contribution in [3.63, 3.8) is 0 Å². The molecule has 3 aromatic heterocycles. The van der Waals surface area contributed by atoms with Gasteiger partial charge in [0.15, 0.2) is 11.9 Å². The summed E-state index contributed by atoms with van der Waals surface area (Å²) in [6.07, 6.45) is 8.37. The lowest BCUT2D eigenvalue weighted by Crippen LogP contribution is -2.45. The number of hydrogen-bond acceptors (Lipinski definition) is 6. The van der Waals surface area contributed by atoms with E-state index in [0.29, 0.717) is 37.7 Å². The molecule has 2 aliphatic rings. The summed E-state index contributed by atoms with van der Waals surface area (Å²) in [5, 5.41) is 3.01. The molecule has 0 spiro atoms. The van der Waals surface area contributed by atoms with Gasteiger partial charge in [0, 0.05) is 36.8 Å². The zero-order valence-electron chi connectivity index (χ0n) is 24.5. The number of aryl methyl sites for hydroxylation is 2. The Bertz CT molecular complexity index is 2030. The van der Waals surface area contributed by atoms with Gasteiger partial charge in [0.25, 0.3) is 11.5 Å². The SMILES string of the molecule is O=Cc1ccc(-c2ccccc2)cc1-n1c(=O)n(C2CCC(NC(=O)c3cn4c(n3)CCCC4)CC2)c(=O)c2cc(F)cnc21. The molecule has 4 heterocycles. The van der Waals surface area contributed by atoms with Crippen LogP contribution in [0.4, 0.5) is 4.39 Å². The standard InChI is InChI=1S/C34H31FN6O4/c35-24-17-27-31(36-18-24)41(29-16-22(9-10-23(29)20-42)21-6-2-1-3-7-21)34(45)40(33(27)44)26-13-11-25(12-14-26)37-32(43)28-19-39-15-5-4-8-30(39)38-28/h1-3,6-7,9-10,16-20,25-26H,4-5,8,11-15H2,(H,37,43). The summed E-state index contributed by atoms with van der Waals surface area (Å²) in [4.78, 5) is 61.8. The fourth-order valence-electron chi connectivity index (χ4n) is 6.63. The maximum absolute atomic E-state index is 14.4. The van der Waals surface area contributed by atoms with Crippen molar-refractivity contribution in [2.45, 2.75) is 63.6 Å². The number of pyridine rings is 1. The lowest BCUT2D eigenvalue weighted by molar-refractivity contribution is 0.0916. The van der Waals surface area contributed by atoms with Crippen LogP contribution >= 0.6 is 0 Å². The number of aromatic nitrogens is 5. The molecular weight excluding hydrogens is 575 g/mol. The van der Waals surface area contributed by atoms with Crippen LogP contribution in [0.15, 0.2) is 76.6 Å². The van der Waals surface area contributed by atoms with E-state index >= 15 is 0 Å². The molecule has 0 unspecified atom stereocenters. The van der Waals surface area contributed by atoms with E-state index in [4.69, 9.17) is 0 Å². The average Bonchev–Trinajstić information content (AvgIpc) is 3.51. The predicted octanol–water partition coefficient (Wildman–Crippen LogP) is 4.61. The van der Waals surface area contributed by atoms with E-state index in [0.717, 1.165) is 59.6 Å². The largest absolute Gasteiger partial charge is 0.348 e. The van der Waals surface area contributed by atoms with Crippen molar-refractivity contribution in [3.05, 3.63) is 111 Å². The molecule has 0 atom stereocenters. The molecule has 0 bridgehead atoms. The number of amides is 1. The van der Waals surface area contributed by atoms with Gasteiger partial charge in [0.05, 0.1) is 17.3 Å². The van der Waals surface area contributed by atoms with E-state index in [-0.39, 0.29) is 34.2 Å². The fourth-order valence-corrected chi connectivity index (χ4v) is 6.63. The van der Waals surface area contributed by atoms with Gasteiger partial charge in [0.1, 0.15) is 17.3 Å². The maximum Gasteiger partial charge on any atom is 0.337 e. The van der Waals surface area contributed by atoms with Gasteiger partial charge in [-0.25, -0.2) is 23.7 Å². The lowest BCUT2D eigenvalue weighted by atomic mass is 9.90. The third-order valence-electron chi connectivity index (χ3n) is 8.94.